The highest BCUT2D eigenvalue weighted by atomic mass is 127. The number of anilines is 1. The molecule has 0 aliphatic carbocycles. The van der Waals surface area contributed by atoms with Crippen molar-refractivity contribution in [2.45, 2.75) is 13.5 Å². The number of hydrogen-bond acceptors (Lipinski definition) is 6. The van der Waals surface area contributed by atoms with Crippen LogP contribution in [0.3, 0.4) is 0 Å². The van der Waals surface area contributed by atoms with Crippen molar-refractivity contribution >= 4 is 28.3 Å². The van der Waals surface area contributed by atoms with Crippen LogP contribution in [0.25, 0.3) is 0 Å². The summed E-state index contributed by atoms with van der Waals surface area (Å²) in [6.07, 6.45) is 0. The van der Waals surface area contributed by atoms with Gasteiger partial charge in [0.25, 0.3) is 0 Å². The lowest BCUT2D eigenvalue weighted by molar-refractivity contribution is 0.270. The summed E-state index contributed by atoms with van der Waals surface area (Å²) < 4.78 is 10.9. The zero-order valence-electron chi connectivity index (χ0n) is 9.48. The van der Waals surface area contributed by atoms with Gasteiger partial charge in [0.2, 0.25) is 0 Å². The molecule has 0 bridgehead atoms. The molecule has 2 aromatic rings. The van der Waals surface area contributed by atoms with Crippen LogP contribution < -0.4 is 10.5 Å². The number of halogens is 1. The van der Waals surface area contributed by atoms with Crippen LogP contribution in [0.1, 0.15) is 17.0 Å². The van der Waals surface area contributed by atoms with Gasteiger partial charge in [-0.05, 0) is 41.6 Å². The van der Waals surface area contributed by atoms with Crippen molar-refractivity contribution in [3.8, 4) is 11.8 Å². The number of nitrogens with two attached hydrogens (primary N) is 1. The van der Waals surface area contributed by atoms with Crippen molar-refractivity contribution in [2.24, 2.45) is 0 Å². The molecule has 0 aliphatic rings. The van der Waals surface area contributed by atoms with Crippen LogP contribution >= 0.6 is 22.6 Å². The van der Waals surface area contributed by atoms with Crippen molar-refractivity contribution in [3.05, 3.63) is 32.7 Å². The molecule has 0 amide bonds. The average molecular weight is 356 g/mol. The molecule has 1 heterocycles. The Hall–Kier alpha value is -1.82. The van der Waals surface area contributed by atoms with Gasteiger partial charge in [0.15, 0.2) is 5.75 Å². The van der Waals surface area contributed by atoms with E-state index in [2.05, 4.69) is 37.5 Å². The van der Waals surface area contributed by atoms with Gasteiger partial charge in [-0.1, -0.05) is 10.3 Å². The molecule has 0 saturated heterocycles. The van der Waals surface area contributed by atoms with E-state index in [0.717, 1.165) is 3.57 Å². The van der Waals surface area contributed by atoms with Crippen LogP contribution in [-0.4, -0.2) is 10.3 Å². The SMILES string of the molecule is Cc1nonc1COc1c(N)cc(C#N)cc1I. The lowest BCUT2D eigenvalue weighted by atomic mass is 10.2. The molecule has 0 spiro atoms. The van der Waals surface area contributed by atoms with Crippen LogP contribution in [0.15, 0.2) is 16.8 Å². The highest BCUT2D eigenvalue weighted by molar-refractivity contribution is 14.1. The summed E-state index contributed by atoms with van der Waals surface area (Å²) in [7, 11) is 0. The number of ether oxygens (including phenoxy) is 1. The van der Waals surface area contributed by atoms with E-state index in [0.29, 0.717) is 28.4 Å². The Kier molecular flexibility index (Phi) is 3.66. The number of nitrogen functional groups attached to an aromatic ring is 1. The fourth-order valence-electron chi connectivity index (χ4n) is 1.35. The molecule has 0 radical (unpaired) electrons. The van der Waals surface area contributed by atoms with Crippen LogP contribution in [0.4, 0.5) is 5.69 Å². The first-order valence-electron chi connectivity index (χ1n) is 5.01. The predicted molar refractivity (Wildman–Crippen MR) is 71.7 cm³/mol. The molecule has 0 saturated carbocycles. The largest absolute Gasteiger partial charge is 0.484 e. The lowest BCUT2D eigenvalue weighted by Crippen LogP contribution is -2.02. The molecule has 6 nitrogen and oxygen atoms in total. The fraction of sp³-hybridized carbons (Fsp3) is 0.182. The first-order valence-corrected chi connectivity index (χ1v) is 6.09. The van der Waals surface area contributed by atoms with E-state index < -0.39 is 0 Å². The van der Waals surface area contributed by atoms with E-state index in [1.165, 1.54) is 0 Å². The van der Waals surface area contributed by atoms with Crippen molar-refractivity contribution in [2.75, 3.05) is 5.73 Å². The number of nitrogens with zero attached hydrogens (tertiary/aromatic N) is 3. The first kappa shape index (κ1) is 12.6. The Balaban J connectivity index is 2.20. The average Bonchev–Trinajstić information content (AvgIpc) is 2.73. The van der Waals surface area contributed by atoms with Gasteiger partial charge in [-0.15, -0.1) is 0 Å². The quantitative estimate of drug-likeness (QED) is 0.667. The number of nitriles is 1. The first-order chi connectivity index (χ1) is 8.61. The van der Waals surface area contributed by atoms with E-state index in [-0.39, 0.29) is 6.61 Å². The molecule has 18 heavy (non-hydrogen) atoms. The third-order valence-electron chi connectivity index (χ3n) is 2.30. The smallest absolute Gasteiger partial charge is 0.156 e. The van der Waals surface area contributed by atoms with E-state index in [4.69, 9.17) is 15.7 Å². The van der Waals surface area contributed by atoms with Crippen molar-refractivity contribution in [3.63, 3.8) is 0 Å². The third-order valence-corrected chi connectivity index (χ3v) is 3.10. The second-order valence-electron chi connectivity index (χ2n) is 3.57. The minimum atomic E-state index is 0.224. The van der Waals surface area contributed by atoms with E-state index in [9.17, 15) is 0 Å². The Labute approximate surface area is 117 Å². The molecule has 1 aromatic heterocycles. The Morgan fingerprint density at radius 2 is 2.28 bits per heavy atom. The maximum Gasteiger partial charge on any atom is 0.156 e. The molecule has 92 valence electrons. The summed E-state index contributed by atoms with van der Waals surface area (Å²) in [6, 6.07) is 5.32. The minimum Gasteiger partial charge on any atom is -0.484 e. The summed E-state index contributed by atoms with van der Waals surface area (Å²) in [5, 5.41) is 16.2. The molecule has 0 atom stereocenters. The molecule has 2 rings (SSSR count). The number of aryl methyl sites for hydroxylation is 1. The normalized spacial score (nSPS) is 10.1. The van der Waals surface area contributed by atoms with E-state index >= 15 is 0 Å². The van der Waals surface area contributed by atoms with Crippen molar-refractivity contribution in [1.29, 1.82) is 5.26 Å². The number of rotatable bonds is 3. The number of hydrogen-bond donors (Lipinski definition) is 1. The molecule has 0 aliphatic heterocycles. The number of aromatic nitrogens is 2. The summed E-state index contributed by atoms with van der Waals surface area (Å²) in [4.78, 5) is 0. The molecule has 0 unspecified atom stereocenters. The third kappa shape index (κ3) is 2.53. The van der Waals surface area contributed by atoms with Crippen molar-refractivity contribution < 1.29 is 9.37 Å². The maximum atomic E-state index is 8.81. The van der Waals surface area contributed by atoms with Crippen LogP contribution in [0.5, 0.6) is 5.75 Å². The van der Waals surface area contributed by atoms with Gasteiger partial charge in [0.05, 0.1) is 20.9 Å². The van der Waals surface area contributed by atoms with Gasteiger partial charge in [0, 0.05) is 0 Å². The second-order valence-corrected chi connectivity index (χ2v) is 4.74. The van der Waals surface area contributed by atoms with Crippen LogP contribution in [-0.2, 0) is 6.61 Å². The molecule has 2 N–H and O–H groups in total. The van der Waals surface area contributed by atoms with Gasteiger partial charge in [-0.2, -0.15) is 5.26 Å². The zero-order chi connectivity index (χ0) is 13.1. The molecular weight excluding hydrogens is 347 g/mol. The lowest BCUT2D eigenvalue weighted by Gasteiger charge is -2.10. The second kappa shape index (κ2) is 5.22. The van der Waals surface area contributed by atoms with E-state index in [1.807, 2.05) is 6.07 Å². The van der Waals surface area contributed by atoms with E-state index in [1.54, 1.807) is 19.1 Å². The highest BCUT2D eigenvalue weighted by Crippen LogP contribution is 2.30. The van der Waals surface area contributed by atoms with Gasteiger partial charge >= 0.3 is 0 Å². The Morgan fingerprint density at radius 1 is 1.50 bits per heavy atom. The predicted octanol–water partition coefficient (Wildman–Crippen LogP) is 2.02. The molecule has 7 heteroatoms. The molecular formula is C11H9IN4O2. The van der Waals surface area contributed by atoms with Gasteiger partial charge < -0.3 is 10.5 Å². The number of benzene rings is 1. The van der Waals surface area contributed by atoms with Crippen LogP contribution in [0, 0.1) is 21.8 Å². The van der Waals surface area contributed by atoms with Crippen molar-refractivity contribution in [1.82, 2.24) is 10.3 Å². The van der Waals surface area contributed by atoms with Gasteiger partial charge in [-0.3, -0.25) is 0 Å². The topological polar surface area (TPSA) is 98.0 Å². The maximum absolute atomic E-state index is 8.81. The Bertz CT molecular complexity index is 595. The summed E-state index contributed by atoms with van der Waals surface area (Å²) in [5.41, 5.74) is 8.06. The zero-order valence-corrected chi connectivity index (χ0v) is 11.6. The molecule has 0 fully saturated rings. The van der Waals surface area contributed by atoms with Gasteiger partial charge in [0.1, 0.15) is 18.0 Å². The minimum absolute atomic E-state index is 0.224. The summed E-state index contributed by atoms with van der Waals surface area (Å²) in [5.74, 6) is 0.539. The highest BCUT2D eigenvalue weighted by Gasteiger charge is 2.11. The fourth-order valence-corrected chi connectivity index (χ4v) is 2.16. The monoisotopic (exact) mass is 356 g/mol. The van der Waals surface area contributed by atoms with Crippen LogP contribution in [0.2, 0.25) is 0 Å². The summed E-state index contributed by atoms with van der Waals surface area (Å²) >= 11 is 2.07. The Morgan fingerprint density at radius 3 is 2.83 bits per heavy atom. The standard InChI is InChI=1S/C11H9IN4O2/c1-6-10(16-18-15-6)5-17-11-8(12)2-7(4-13)3-9(11)14/h2-3H,5,14H2,1H3. The van der Waals surface area contributed by atoms with Gasteiger partial charge in [-0.25, -0.2) is 4.63 Å². The molecule has 1 aromatic carbocycles. The summed E-state index contributed by atoms with van der Waals surface area (Å²) in [6.45, 7) is 2.00.